The highest BCUT2D eigenvalue weighted by Crippen LogP contribution is 2.31. The van der Waals surface area contributed by atoms with Crippen LogP contribution in [0.2, 0.25) is 0 Å². The Balaban J connectivity index is 0.00000225. The van der Waals surface area contributed by atoms with Gasteiger partial charge in [-0.25, -0.2) is 0 Å². The summed E-state index contributed by atoms with van der Waals surface area (Å²) in [5.41, 5.74) is 0.690. The van der Waals surface area contributed by atoms with Crippen LogP contribution < -0.4 is 15.5 Å². The zero-order valence-corrected chi connectivity index (χ0v) is 18.6. The number of nitrogens with zero attached hydrogens (tertiary/aromatic N) is 2. The summed E-state index contributed by atoms with van der Waals surface area (Å²) in [6.45, 7) is 5.40. The second-order valence-corrected chi connectivity index (χ2v) is 7.74. The first-order valence-corrected chi connectivity index (χ1v) is 9.65. The molecule has 3 N–H and O–H groups in total. The van der Waals surface area contributed by atoms with Gasteiger partial charge in [-0.15, -0.1) is 24.0 Å². The molecule has 1 aliphatic heterocycles. The Morgan fingerprint density at radius 2 is 2.08 bits per heavy atom. The molecule has 2 fully saturated rings. The van der Waals surface area contributed by atoms with Crippen molar-refractivity contribution in [3.05, 3.63) is 28.7 Å². The molecule has 1 unspecified atom stereocenters. The molecule has 1 heterocycles. The van der Waals surface area contributed by atoms with Gasteiger partial charge in [0.15, 0.2) is 5.96 Å². The molecule has 0 bridgehead atoms. The molecule has 2 aliphatic rings. The van der Waals surface area contributed by atoms with E-state index in [2.05, 4.69) is 67.6 Å². The van der Waals surface area contributed by atoms with E-state index in [-0.39, 0.29) is 24.0 Å². The zero-order chi connectivity index (χ0) is 17.0. The first kappa shape index (κ1) is 20.8. The van der Waals surface area contributed by atoms with Crippen molar-refractivity contribution in [1.29, 1.82) is 0 Å². The number of rotatable bonds is 5. The summed E-state index contributed by atoms with van der Waals surface area (Å²) in [6, 6.07) is 8.85. The van der Waals surface area contributed by atoms with Crippen molar-refractivity contribution in [3.8, 4) is 0 Å². The third-order valence-corrected chi connectivity index (χ3v) is 5.41. The molecule has 3 rings (SSSR count). The third-order valence-electron chi connectivity index (χ3n) is 4.88. The smallest absolute Gasteiger partial charge is 0.191 e. The minimum absolute atomic E-state index is 0. The van der Waals surface area contributed by atoms with Crippen LogP contribution in [-0.4, -0.2) is 48.9 Å². The average Bonchev–Trinajstić information content (AvgIpc) is 3.00. The van der Waals surface area contributed by atoms with Crippen LogP contribution in [0, 0.1) is 0 Å². The molecule has 1 saturated heterocycles. The van der Waals surface area contributed by atoms with Gasteiger partial charge >= 0.3 is 0 Å². The van der Waals surface area contributed by atoms with Gasteiger partial charge in [0.05, 0.1) is 12.1 Å². The minimum Gasteiger partial charge on any atom is -0.388 e. The van der Waals surface area contributed by atoms with Crippen molar-refractivity contribution < 1.29 is 5.11 Å². The molecular weight excluding hydrogens is 495 g/mol. The van der Waals surface area contributed by atoms with Gasteiger partial charge in [0.1, 0.15) is 0 Å². The monoisotopic (exact) mass is 522 g/mol. The topological polar surface area (TPSA) is 59.9 Å². The Bertz CT molecular complexity index is 577. The van der Waals surface area contributed by atoms with Gasteiger partial charge in [-0.2, -0.15) is 0 Å². The maximum atomic E-state index is 10.2. The van der Waals surface area contributed by atoms with Crippen molar-refractivity contribution >= 4 is 51.6 Å². The second kappa shape index (κ2) is 9.41. The number of aliphatic hydroxyl groups is 1. The number of aliphatic imine (C=N–C) groups is 1. The minimum atomic E-state index is -0.568. The standard InChI is InChI=1S/C18H27BrN4O.HI/c1-2-20-17(21-13-18(24)9-3-10-18)22-15-8-11-23(12-15)16-6-4-14(19)5-7-16;/h4-7,15,24H,2-3,8-13H2,1H3,(H2,20,21,22);1H. The van der Waals surface area contributed by atoms with Crippen LogP contribution in [0.25, 0.3) is 0 Å². The number of hydrogen-bond donors (Lipinski definition) is 3. The summed E-state index contributed by atoms with van der Waals surface area (Å²) in [5.74, 6) is 0.820. The van der Waals surface area contributed by atoms with Crippen LogP contribution in [0.3, 0.4) is 0 Å². The number of anilines is 1. The fourth-order valence-corrected chi connectivity index (χ4v) is 3.51. The van der Waals surface area contributed by atoms with Gasteiger partial charge < -0.3 is 20.6 Å². The number of benzene rings is 1. The summed E-state index contributed by atoms with van der Waals surface area (Å²) in [4.78, 5) is 7.00. The van der Waals surface area contributed by atoms with E-state index in [0.29, 0.717) is 12.6 Å². The average molecular weight is 523 g/mol. The largest absolute Gasteiger partial charge is 0.388 e. The van der Waals surface area contributed by atoms with Crippen molar-refractivity contribution in [2.24, 2.45) is 4.99 Å². The van der Waals surface area contributed by atoms with Crippen molar-refractivity contribution in [1.82, 2.24) is 10.6 Å². The normalized spacial score (nSPS) is 22.1. The second-order valence-electron chi connectivity index (χ2n) is 6.83. The first-order valence-electron chi connectivity index (χ1n) is 8.86. The highest BCUT2D eigenvalue weighted by molar-refractivity contribution is 14.0. The molecular formula is C18H28BrIN4O. The summed E-state index contributed by atoms with van der Waals surface area (Å²) in [5, 5.41) is 17.0. The van der Waals surface area contributed by atoms with Gasteiger partial charge in [-0.1, -0.05) is 15.9 Å². The summed E-state index contributed by atoms with van der Waals surface area (Å²) in [6.07, 6.45) is 3.94. The van der Waals surface area contributed by atoms with E-state index in [1.807, 2.05) is 0 Å². The molecule has 5 nitrogen and oxygen atoms in total. The molecule has 7 heteroatoms. The van der Waals surface area contributed by atoms with Crippen LogP contribution in [0.5, 0.6) is 0 Å². The molecule has 1 atom stereocenters. The Kier molecular flexibility index (Phi) is 7.82. The van der Waals surface area contributed by atoms with E-state index in [1.165, 1.54) is 5.69 Å². The SMILES string of the molecule is CCNC(=NCC1(O)CCC1)NC1CCN(c2ccc(Br)cc2)C1.I. The Morgan fingerprint density at radius 1 is 1.36 bits per heavy atom. The van der Waals surface area contributed by atoms with Crippen LogP contribution >= 0.6 is 39.9 Å². The maximum Gasteiger partial charge on any atom is 0.191 e. The maximum absolute atomic E-state index is 10.2. The summed E-state index contributed by atoms with van der Waals surface area (Å²) in [7, 11) is 0. The lowest BCUT2D eigenvalue weighted by Crippen LogP contribution is -2.46. The van der Waals surface area contributed by atoms with E-state index in [4.69, 9.17) is 0 Å². The van der Waals surface area contributed by atoms with Gasteiger partial charge in [0, 0.05) is 35.8 Å². The van der Waals surface area contributed by atoms with Gasteiger partial charge in [-0.3, -0.25) is 4.99 Å². The third kappa shape index (κ3) is 5.72. The lowest BCUT2D eigenvalue weighted by molar-refractivity contribution is -0.0236. The molecule has 1 aromatic carbocycles. The fourth-order valence-electron chi connectivity index (χ4n) is 3.25. The van der Waals surface area contributed by atoms with Gasteiger partial charge in [0.25, 0.3) is 0 Å². The van der Waals surface area contributed by atoms with Crippen molar-refractivity contribution in [2.75, 3.05) is 31.1 Å². The Morgan fingerprint density at radius 3 is 2.68 bits per heavy atom. The Hall–Kier alpha value is -0.540. The molecule has 0 amide bonds. The van der Waals surface area contributed by atoms with Crippen LogP contribution in [0.1, 0.15) is 32.6 Å². The quantitative estimate of drug-likeness (QED) is 0.316. The lowest BCUT2D eigenvalue weighted by atomic mass is 9.80. The number of hydrogen-bond acceptors (Lipinski definition) is 3. The van der Waals surface area contributed by atoms with Gasteiger partial charge in [0.2, 0.25) is 0 Å². The molecule has 1 aliphatic carbocycles. The number of halogens is 2. The highest BCUT2D eigenvalue weighted by Gasteiger charge is 2.34. The molecule has 25 heavy (non-hydrogen) atoms. The number of nitrogens with one attached hydrogen (secondary N) is 2. The van der Waals surface area contributed by atoms with E-state index in [0.717, 1.165) is 55.7 Å². The molecule has 0 aromatic heterocycles. The predicted octanol–water partition coefficient (Wildman–Crippen LogP) is 3.12. The van der Waals surface area contributed by atoms with Crippen molar-refractivity contribution in [2.45, 2.75) is 44.2 Å². The molecule has 140 valence electrons. The molecule has 1 saturated carbocycles. The summed E-state index contributed by atoms with van der Waals surface area (Å²) >= 11 is 3.48. The number of guanidine groups is 1. The van der Waals surface area contributed by atoms with Crippen LogP contribution in [0.15, 0.2) is 33.7 Å². The molecule has 0 spiro atoms. The predicted molar refractivity (Wildman–Crippen MR) is 118 cm³/mol. The van der Waals surface area contributed by atoms with E-state index < -0.39 is 5.60 Å². The van der Waals surface area contributed by atoms with Crippen LogP contribution in [-0.2, 0) is 0 Å². The van der Waals surface area contributed by atoms with Crippen molar-refractivity contribution in [3.63, 3.8) is 0 Å². The molecule has 0 radical (unpaired) electrons. The van der Waals surface area contributed by atoms with E-state index >= 15 is 0 Å². The highest BCUT2D eigenvalue weighted by atomic mass is 127. The zero-order valence-electron chi connectivity index (χ0n) is 14.7. The fraction of sp³-hybridized carbons (Fsp3) is 0.611. The van der Waals surface area contributed by atoms with E-state index in [1.54, 1.807) is 0 Å². The van der Waals surface area contributed by atoms with Crippen LogP contribution in [0.4, 0.5) is 5.69 Å². The van der Waals surface area contributed by atoms with Gasteiger partial charge in [-0.05, 0) is 56.9 Å². The van der Waals surface area contributed by atoms with E-state index in [9.17, 15) is 5.11 Å². The lowest BCUT2D eigenvalue weighted by Gasteiger charge is -2.35. The first-order chi connectivity index (χ1) is 11.6. The Labute approximate surface area is 175 Å². The molecule has 1 aromatic rings. The summed E-state index contributed by atoms with van der Waals surface area (Å²) < 4.78 is 1.11.